The van der Waals surface area contributed by atoms with Gasteiger partial charge in [-0.15, -0.1) is 0 Å². The Balaban J connectivity index is 1.82. The third kappa shape index (κ3) is 4.14. The van der Waals surface area contributed by atoms with Crippen molar-refractivity contribution in [3.05, 3.63) is 33.8 Å². The minimum absolute atomic E-state index is 0.0518. The van der Waals surface area contributed by atoms with E-state index in [1.807, 2.05) is 19.9 Å². The Morgan fingerprint density at radius 1 is 1.41 bits per heavy atom. The van der Waals surface area contributed by atoms with Crippen molar-refractivity contribution in [1.82, 2.24) is 10.2 Å². The van der Waals surface area contributed by atoms with Crippen molar-refractivity contribution in [2.45, 2.75) is 32.7 Å². The number of likely N-dealkylation sites (tertiary alicyclic amines) is 1. The van der Waals surface area contributed by atoms with Crippen LogP contribution in [0.4, 0.5) is 0 Å². The van der Waals surface area contributed by atoms with Gasteiger partial charge in [-0.1, -0.05) is 29.3 Å². The van der Waals surface area contributed by atoms with Crippen molar-refractivity contribution in [1.29, 1.82) is 0 Å². The zero-order valence-electron chi connectivity index (χ0n) is 12.7. The van der Waals surface area contributed by atoms with Crippen molar-refractivity contribution >= 4 is 35.0 Å². The molecule has 1 aromatic rings. The van der Waals surface area contributed by atoms with Crippen LogP contribution in [-0.2, 0) is 16.0 Å². The molecule has 1 N–H and O–H groups in total. The lowest BCUT2D eigenvalue weighted by Gasteiger charge is -2.20. The van der Waals surface area contributed by atoms with Crippen molar-refractivity contribution < 1.29 is 9.59 Å². The fraction of sp³-hybridized carbons (Fsp3) is 0.500. The Hall–Kier alpha value is -1.26. The summed E-state index contributed by atoms with van der Waals surface area (Å²) < 4.78 is 0. The van der Waals surface area contributed by atoms with Gasteiger partial charge in [-0.05, 0) is 38.0 Å². The first-order valence-electron chi connectivity index (χ1n) is 7.39. The molecule has 1 unspecified atom stereocenters. The highest BCUT2D eigenvalue weighted by molar-refractivity contribution is 6.35. The molecule has 1 aliphatic heterocycles. The average Bonchev–Trinajstić information content (AvgIpc) is 2.83. The third-order valence-corrected chi connectivity index (χ3v) is 4.45. The zero-order chi connectivity index (χ0) is 16.3. The molecule has 1 aromatic carbocycles. The summed E-state index contributed by atoms with van der Waals surface area (Å²) in [7, 11) is 0. The summed E-state index contributed by atoms with van der Waals surface area (Å²) in [6.45, 7) is 4.91. The number of carbonyl (C=O) groups is 2. The number of amides is 2. The third-order valence-electron chi connectivity index (χ3n) is 3.86. The standard InChI is InChI=1S/C16H20Cl2N2O2/c1-10(2)20-9-12(7-15(20)21)16(22)19-6-5-11-3-4-13(17)8-14(11)18/h3-4,8,10,12H,5-7,9H2,1-2H3,(H,19,22). The van der Waals surface area contributed by atoms with Gasteiger partial charge in [-0.3, -0.25) is 9.59 Å². The number of hydrogen-bond acceptors (Lipinski definition) is 2. The zero-order valence-corrected chi connectivity index (χ0v) is 14.2. The topological polar surface area (TPSA) is 49.4 Å². The SMILES string of the molecule is CC(C)N1CC(C(=O)NCCc2ccc(Cl)cc2Cl)CC1=O. The molecule has 1 aliphatic rings. The van der Waals surface area contributed by atoms with Crippen LogP contribution in [0, 0.1) is 5.92 Å². The van der Waals surface area contributed by atoms with E-state index in [-0.39, 0.29) is 23.8 Å². The molecule has 0 saturated carbocycles. The summed E-state index contributed by atoms with van der Waals surface area (Å²) in [5.41, 5.74) is 0.942. The fourth-order valence-electron chi connectivity index (χ4n) is 2.60. The van der Waals surface area contributed by atoms with E-state index in [2.05, 4.69) is 5.32 Å². The molecule has 1 saturated heterocycles. The van der Waals surface area contributed by atoms with Gasteiger partial charge >= 0.3 is 0 Å². The fourth-order valence-corrected chi connectivity index (χ4v) is 3.10. The van der Waals surface area contributed by atoms with Crippen molar-refractivity contribution in [3.8, 4) is 0 Å². The van der Waals surface area contributed by atoms with Crippen LogP contribution in [0.15, 0.2) is 18.2 Å². The second-order valence-electron chi connectivity index (χ2n) is 5.82. The number of rotatable bonds is 5. The van der Waals surface area contributed by atoms with Crippen LogP contribution < -0.4 is 5.32 Å². The summed E-state index contributed by atoms with van der Waals surface area (Å²) in [5, 5.41) is 4.08. The number of benzene rings is 1. The van der Waals surface area contributed by atoms with Crippen molar-refractivity contribution in [2.75, 3.05) is 13.1 Å². The number of hydrogen-bond donors (Lipinski definition) is 1. The Bertz CT molecular complexity index is 575. The molecule has 1 fully saturated rings. The lowest BCUT2D eigenvalue weighted by molar-refractivity contribution is -0.129. The van der Waals surface area contributed by atoms with Gasteiger partial charge in [0.1, 0.15) is 0 Å². The van der Waals surface area contributed by atoms with Crippen LogP contribution >= 0.6 is 23.2 Å². The lowest BCUT2D eigenvalue weighted by Crippen LogP contribution is -2.36. The minimum Gasteiger partial charge on any atom is -0.355 e. The van der Waals surface area contributed by atoms with Gasteiger partial charge in [0.2, 0.25) is 11.8 Å². The Labute approximate surface area is 140 Å². The van der Waals surface area contributed by atoms with Crippen LogP contribution in [0.25, 0.3) is 0 Å². The quantitative estimate of drug-likeness (QED) is 0.894. The highest BCUT2D eigenvalue weighted by atomic mass is 35.5. The van der Waals surface area contributed by atoms with Crippen LogP contribution in [0.1, 0.15) is 25.8 Å². The second kappa shape index (κ2) is 7.34. The van der Waals surface area contributed by atoms with Gasteiger partial charge < -0.3 is 10.2 Å². The van der Waals surface area contributed by atoms with Crippen LogP contribution in [0.2, 0.25) is 10.0 Å². The van der Waals surface area contributed by atoms with Gasteiger partial charge in [-0.25, -0.2) is 0 Å². The second-order valence-corrected chi connectivity index (χ2v) is 6.66. The number of nitrogens with one attached hydrogen (secondary N) is 1. The molecule has 2 amide bonds. The number of nitrogens with zero attached hydrogens (tertiary/aromatic N) is 1. The highest BCUT2D eigenvalue weighted by Gasteiger charge is 2.35. The van der Waals surface area contributed by atoms with E-state index >= 15 is 0 Å². The molecular formula is C16H20Cl2N2O2. The predicted molar refractivity (Wildman–Crippen MR) is 88.1 cm³/mol. The molecule has 0 aliphatic carbocycles. The van der Waals surface area contributed by atoms with E-state index in [4.69, 9.17) is 23.2 Å². The number of carbonyl (C=O) groups excluding carboxylic acids is 2. The van der Waals surface area contributed by atoms with Gasteiger partial charge in [0.15, 0.2) is 0 Å². The first kappa shape index (κ1) is 17.1. The van der Waals surface area contributed by atoms with E-state index in [9.17, 15) is 9.59 Å². The highest BCUT2D eigenvalue weighted by Crippen LogP contribution is 2.22. The Kier molecular flexibility index (Phi) is 5.70. The van der Waals surface area contributed by atoms with Crippen molar-refractivity contribution in [3.63, 3.8) is 0 Å². The van der Waals surface area contributed by atoms with Crippen LogP contribution in [0.5, 0.6) is 0 Å². The lowest BCUT2D eigenvalue weighted by atomic mass is 10.1. The largest absolute Gasteiger partial charge is 0.355 e. The van der Waals surface area contributed by atoms with E-state index in [1.54, 1.807) is 17.0 Å². The van der Waals surface area contributed by atoms with E-state index in [0.29, 0.717) is 36.0 Å². The van der Waals surface area contributed by atoms with Crippen LogP contribution in [-0.4, -0.2) is 35.8 Å². The van der Waals surface area contributed by atoms with Crippen molar-refractivity contribution in [2.24, 2.45) is 5.92 Å². The molecule has 2 rings (SSSR count). The summed E-state index contributed by atoms with van der Waals surface area (Å²) in [4.78, 5) is 25.7. The average molecular weight is 343 g/mol. The first-order valence-corrected chi connectivity index (χ1v) is 8.15. The summed E-state index contributed by atoms with van der Waals surface area (Å²) in [6.07, 6.45) is 0.933. The predicted octanol–water partition coefficient (Wildman–Crippen LogP) is 2.91. The molecular weight excluding hydrogens is 323 g/mol. The molecule has 22 heavy (non-hydrogen) atoms. The molecule has 0 aromatic heterocycles. The smallest absolute Gasteiger partial charge is 0.225 e. The molecule has 120 valence electrons. The minimum atomic E-state index is -0.254. The number of halogens is 2. The van der Waals surface area contributed by atoms with Gasteiger partial charge in [0.05, 0.1) is 5.92 Å². The van der Waals surface area contributed by atoms with Gasteiger partial charge in [-0.2, -0.15) is 0 Å². The Morgan fingerprint density at radius 2 is 2.14 bits per heavy atom. The molecule has 6 heteroatoms. The van der Waals surface area contributed by atoms with E-state index in [0.717, 1.165) is 5.56 Å². The molecule has 4 nitrogen and oxygen atoms in total. The maximum absolute atomic E-state index is 12.1. The maximum atomic E-state index is 12.1. The van der Waals surface area contributed by atoms with Gasteiger partial charge in [0, 0.05) is 35.6 Å². The first-order chi connectivity index (χ1) is 10.4. The molecule has 0 bridgehead atoms. The maximum Gasteiger partial charge on any atom is 0.225 e. The van der Waals surface area contributed by atoms with E-state index in [1.165, 1.54) is 0 Å². The molecule has 0 spiro atoms. The molecule has 0 radical (unpaired) electrons. The monoisotopic (exact) mass is 342 g/mol. The van der Waals surface area contributed by atoms with E-state index < -0.39 is 0 Å². The summed E-state index contributed by atoms with van der Waals surface area (Å²) in [5.74, 6) is -0.270. The van der Waals surface area contributed by atoms with Crippen LogP contribution in [0.3, 0.4) is 0 Å². The Morgan fingerprint density at radius 3 is 2.73 bits per heavy atom. The summed E-state index contributed by atoms with van der Waals surface area (Å²) >= 11 is 11.9. The normalized spacial score (nSPS) is 18.1. The molecule has 1 heterocycles. The summed E-state index contributed by atoms with van der Waals surface area (Å²) in [6, 6.07) is 5.46. The van der Waals surface area contributed by atoms with Gasteiger partial charge in [0.25, 0.3) is 0 Å². The molecule has 1 atom stereocenters.